The number of nitrogens with one attached hydrogen (secondary N) is 2. The van der Waals surface area contributed by atoms with Gasteiger partial charge in [-0.2, -0.15) is 0 Å². The fraction of sp³-hybridized carbons (Fsp3) is 0.100. The number of aromatic amines is 1. The third kappa shape index (κ3) is 2.70. The highest BCUT2D eigenvalue weighted by atomic mass is 16.6. The van der Waals surface area contributed by atoms with Gasteiger partial charge in [0.05, 0.1) is 17.7 Å². The van der Waals surface area contributed by atoms with E-state index in [0.717, 1.165) is 10.8 Å². The second-order valence-corrected chi connectivity index (χ2v) is 3.85. The van der Waals surface area contributed by atoms with Gasteiger partial charge >= 0.3 is 16.9 Å². The van der Waals surface area contributed by atoms with Crippen LogP contribution in [0.25, 0.3) is 0 Å². The van der Waals surface area contributed by atoms with Crippen LogP contribution in [-0.4, -0.2) is 19.5 Å². The summed E-state index contributed by atoms with van der Waals surface area (Å²) in [5, 5.41) is 10.7. The lowest BCUT2D eigenvalue weighted by molar-refractivity contribution is -0.386. The summed E-state index contributed by atoms with van der Waals surface area (Å²) in [4.78, 5) is 38.4. The summed E-state index contributed by atoms with van der Waals surface area (Å²) in [5.74, 6) is 5.59. The summed E-state index contributed by atoms with van der Waals surface area (Å²) in [6.07, 6.45) is 2.37. The van der Waals surface area contributed by atoms with Crippen molar-refractivity contribution in [2.45, 2.75) is 6.54 Å². The fourth-order valence-corrected chi connectivity index (χ4v) is 1.59. The van der Waals surface area contributed by atoms with Gasteiger partial charge in [-0.15, -0.1) is 0 Å². The van der Waals surface area contributed by atoms with Crippen LogP contribution >= 0.6 is 0 Å². The van der Waals surface area contributed by atoms with E-state index in [1.807, 2.05) is 4.98 Å². The maximum atomic E-state index is 11.6. The molecular formula is C10H10N6O4. The Hall–Kier alpha value is -3.01. The second kappa shape index (κ2) is 5.32. The number of anilines is 1. The molecule has 0 spiro atoms. The van der Waals surface area contributed by atoms with Crippen LogP contribution in [0.5, 0.6) is 0 Å². The Morgan fingerprint density at radius 2 is 2.25 bits per heavy atom. The molecule has 104 valence electrons. The molecule has 0 aromatic carbocycles. The van der Waals surface area contributed by atoms with Crippen LogP contribution in [0.2, 0.25) is 0 Å². The number of nitrogen functional groups attached to an aromatic ring is 1. The zero-order valence-corrected chi connectivity index (χ0v) is 10.1. The Morgan fingerprint density at radius 1 is 1.50 bits per heavy atom. The first-order chi connectivity index (χ1) is 9.51. The fourth-order valence-electron chi connectivity index (χ4n) is 1.59. The topological polar surface area (TPSA) is 149 Å². The van der Waals surface area contributed by atoms with E-state index in [9.17, 15) is 19.7 Å². The van der Waals surface area contributed by atoms with Gasteiger partial charge in [0, 0.05) is 6.20 Å². The molecule has 0 aliphatic carbocycles. The Bertz CT molecular complexity index is 765. The van der Waals surface area contributed by atoms with Gasteiger partial charge in [-0.3, -0.25) is 24.5 Å². The molecule has 0 amide bonds. The molecule has 10 nitrogen and oxygen atoms in total. The normalized spacial score (nSPS) is 10.2. The number of rotatable bonds is 4. The molecule has 0 fully saturated rings. The Balaban J connectivity index is 2.43. The first kappa shape index (κ1) is 13.4. The molecule has 20 heavy (non-hydrogen) atoms. The SMILES string of the molecule is NNc1cc(Cn2cc([N+](=O)[O-])c(=O)[nH]c2=O)ccn1. The smallest absolute Gasteiger partial charge is 0.308 e. The maximum Gasteiger partial charge on any atom is 0.350 e. The molecule has 2 aromatic rings. The summed E-state index contributed by atoms with van der Waals surface area (Å²) in [5.41, 5.74) is 0.511. The molecular weight excluding hydrogens is 268 g/mol. The van der Waals surface area contributed by atoms with Gasteiger partial charge < -0.3 is 5.43 Å². The number of pyridine rings is 1. The van der Waals surface area contributed by atoms with Gasteiger partial charge in [0.2, 0.25) is 0 Å². The van der Waals surface area contributed by atoms with Crippen molar-refractivity contribution in [2.75, 3.05) is 5.43 Å². The summed E-state index contributed by atoms with van der Waals surface area (Å²) in [7, 11) is 0. The zero-order valence-electron chi connectivity index (χ0n) is 10.1. The lowest BCUT2D eigenvalue weighted by Gasteiger charge is -2.06. The molecule has 0 bridgehead atoms. The van der Waals surface area contributed by atoms with E-state index in [1.165, 1.54) is 6.20 Å². The quantitative estimate of drug-likeness (QED) is 0.375. The minimum atomic E-state index is -1.03. The summed E-state index contributed by atoms with van der Waals surface area (Å²) < 4.78 is 1.02. The second-order valence-electron chi connectivity index (χ2n) is 3.85. The van der Waals surface area contributed by atoms with Crippen molar-refractivity contribution in [1.29, 1.82) is 0 Å². The van der Waals surface area contributed by atoms with E-state index in [1.54, 1.807) is 12.1 Å². The van der Waals surface area contributed by atoms with E-state index in [0.29, 0.717) is 11.4 Å². The van der Waals surface area contributed by atoms with E-state index in [4.69, 9.17) is 5.84 Å². The van der Waals surface area contributed by atoms with Crippen LogP contribution < -0.4 is 22.5 Å². The molecule has 10 heteroatoms. The summed E-state index contributed by atoms with van der Waals surface area (Å²) in [6.45, 7) is 0.0354. The predicted molar refractivity (Wildman–Crippen MR) is 69.1 cm³/mol. The van der Waals surface area contributed by atoms with Crippen LogP contribution in [0, 0.1) is 10.1 Å². The van der Waals surface area contributed by atoms with Crippen molar-refractivity contribution in [1.82, 2.24) is 14.5 Å². The molecule has 4 N–H and O–H groups in total. The molecule has 0 aliphatic heterocycles. The van der Waals surface area contributed by atoms with Gasteiger partial charge in [0.15, 0.2) is 0 Å². The van der Waals surface area contributed by atoms with Crippen LogP contribution in [0.4, 0.5) is 11.5 Å². The van der Waals surface area contributed by atoms with Crippen molar-refractivity contribution in [3.05, 3.63) is 61.0 Å². The number of aromatic nitrogens is 3. The van der Waals surface area contributed by atoms with Crippen LogP contribution in [0.1, 0.15) is 5.56 Å². The third-order valence-electron chi connectivity index (χ3n) is 2.51. The number of nitrogens with zero attached hydrogens (tertiary/aromatic N) is 3. The van der Waals surface area contributed by atoms with Crippen molar-refractivity contribution < 1.29 is 4.92 Å². The van der Waals surface area contributed by atoms with E-state index >= 15 is 0 Å². The van der Waals surface area contributed by atoms with Gasteiger partial charge in [-0.05, 0) is 17.7 Å². The predicted octanol–water partition coefficient (Wildman–Crippen LogP) is -0.826. The highest BCUT2D eigenvalue weighted by Gasteiger charge is 2.14. The Kier molecular flexibility index (Phi) is 3.57. The zero-order chi connectivity index (χ0) is 14.7. The standard InChI is InChI=1S/C10H10N6O4/c11-14-8-3-6(1-2-12-8)4-15-5-7(16(19)20)9(17)13-10(15)18/h1-3,5H,4,11H2,(H,12,14)(H,13,17,18). The number of nitro groups is 1. The average molecular weight is 278 g/mol. The number of nitrogens with two attached hydrogens (primary N) is 1. The number of H-pyrrole nitrogens is 1. The van der Waals surface area contributed by atoms with E-state index in [-0.39, 0.29) is 6.54 Å². The van der Waals surface area contributed by atoms with E-state index < -0.39 is 21.9 Å². The van der Waals surface area contributed by atoms with Crippen molar-refractivity contribution >= 4 is 11.5 Å². The van der Waals surface area contributed by atoms with Gasteiger partial charge in [0.1, 0.15) is 5.82 Å². The average Bonchev–Trinajstić information content (AvgIpc) is 2.41. The van der Waals surface area contributed by atoms with Crippen molar-refractivity contribution in [3.63, 3.8) is 0 Å². The van der Waals surface area contributed by atoms with Gasteiger partial charge in [-0.1, -0.05) is 0 Å². The summed E-state index contributed by atoms with van der Waals surface area (Å²) >= 11 is 0. The van der Waals surface area contributed by atoms with Crippen LogP contribution in [0.3, 0.4) is 0 Å². The molecule has 0 radical (unpaired) electrons. The molecule has 0 unspecified atom stereocenters. The number of hydrazine groups is 1. The first-order valence-corrected chi connectivity index (χ1v) is 5.41. The maximum absolute atomic E-state index is 11.6. The van der Waals surface area contributed by atoms with E-state index in [2.05, 4.69) is 10.4 Å². The Labute approximate surface area is 111 Å². The lowest BCUT2D eigenvalue weighted by Crippen LogP contribution is -2.31. The highest BCUT2D eigenvalue weighted by molar-refractivity contribution is 5.36. The minimum absolute atomic E-state index is 0.0354. The molecule has 0 aliphatic rings. The molecule has 0 saturated carbocycles. The van der Waals surface area contributed by atoms with Crippen molar-refractivity contribution in [3.8, 4) is 0 Å². The van der Waals surface area contributed by atoms with Crippen LogP contribution in [-0.2, 0) is 6.54 Å². The first-order valence-electron chi connectivity index (χ1n) is 5.41. The minimum Gasteiger partial charge on any atom is -0.308 e. The molecule has 0 saturated heterocycles. The highest BCUT2D eigenvalue weighted by Crippen LogP contribution is 2.07. The molecule has 2 rings (SSSR count). The Morgan fingerprint density at radius 3 is 2.90 bits per heavy atom. The molecule has 2 heterocycles. The summed E-state index contributed by atoms with van der Waals surface area (Å²) in [6, 6.07) is 3.19. The largest absolute Gasteiger partial charge is 0.350 e. The molecule has 2 aromatic heterocycles. The molecule has 0 atom stereocenters. The lowest BCUT2D eigenvalue weighted by atomic mass is 10.2. The van der Waals surface area contributed by atoms with Gasteiger partial charge in [-0.25, -0.2) is 15.6 Å². The number of hydrogen-bond donors (Lipinski definition) is 3. The van der Waals surface area contributed by atoms with Crippen molar-refractivity contribution in [2.24, 2.45) is 5.84 Å². The third-order valence-corrected chi connectivity index (χ3v) is 2.51. The number of hydrogen-bond acceptors (Lipinski definition) is 7. The van der Waals surface area contributed by atoms with Crippen LogP contribution in [0.15, 0.2) is 34.1 Å². The van der Waals surface area contributed by atoms with Gasteiger partial charge in [0.25, 0.3) is 0 Å². The monoisotopic (exact) mass is 278 g/mol.